The Morgan fingerprint density at radius 3 is 2.56 bits per heavy atom. The lowest BCUT2D eigenvalue weighted by atomic mass is 10.0. The zero-order valence-electron chi connectivity index (χ0n) is 20.2. The van der Waals surface area contributed by atoms with E-state index in [0.29, 0.717) is 73.1 Å². The number of aromatic nitrogens is 2. The number of carbonyl (C=O) groups is 1. The molecule has 0 atom stereocenters. The van der Waals surface area contributed by atoms with Crippen LogP contribution in [0.4, 0.5) is 11.6 Å². The second-order valence-electron chi connectivity index (χ2n) is 8.73. The fraction of sp³-hybridized carbons (Fsp3) is 0.370. The topological polar surface area (TPSA) is 77.0 Å². The van der Waals surface area contributed by atoms with Gasteiger partial charge in [0, 0.05) is 60.9 Å². The van der Waals surface area contributed by atoms with Crippen molar-refractivity contribution < 1.29 is 19.0 Å². The van der Waals surface area contributed by atoms with Crippen LogP contribution >= 0.6 is 11.6 Å². The van der Waals surface area contributed by atoms with E-state index >= 15 is 0 Å². The Kier molecular flexibility index (Phi) is 7.65. The van der Waals surface area contributed by atoms with Gasteiger partial charge in [-0.2, -0.15) is 0 Å². The van der Waals surface area contributed by atoms with Crippen LogP contribution in [-0.4, -0.2) is 68.5 Å². The summed E-state index contributed by atoms with van der Waals surface area (Å²) in [5.41, 5.74) is 2.36. The van der Waals surface area contributed by atoms with Gasteiger partial charge in [-0.05, 0) is 31.0 Å². The van der Waals surface area contributed by atoms with Crippen LogP contribution in [0.2, 0.25) is 5.02 Å². The summed E-state index contributed by atoms with van der Waals surface area (Å²) in [6.07, 6.45) is 3.10. The summed E-state index contributed by atoms with van der Waals surface area (Å²) in [5, 5.41) is 0.525. The van der Waals surface area contributed by atoms with Gasteiger partial charge >= 0.3 is 0 Å². The maximum Gasteiger partial charge on any atom is 0.262 e. The van der Waals surface area contributed by atoms with Crippen LogP contribution in [0.3, 0.4) is 0 Å². The second kappa shape index (κ2) is 11.2. The molecule has 3 heterocycles. The zero-order chi connectivity index (χ0) is 24.9. The normalized spacial score (nSPS) is 16.6. The van der Waals surface area contributed by atoms with Crippen molar-refractivity contribution in [3.63, 3.8) is 0 Å². The molecular formula is C27H29ClN4O4. The van der Waals surface area contributed by atoms with Crippen LogP contribution in [0.1, 0.15) is 23.2 Å². The monoisotopic (exact) mass is 508 g/mol. The Morgan fingerprint density at radius 1 is 1.06 bits per heavy atom. The minimum atomic E-state index is -0.182. The molecule has 9 heteroatoms. The molecule has 0 saturated carbocycles. The summed E-state index contributed by atoms with van der Waals surface area (Å²) in [5.74, 6) is 1.06. The minimum Gasteiger partial charge on any atom is -0.497 e. The molecular weight excluding hydrogens is 480 g/mol. The highest BCUT2D eigenvalue weighted by molar-refractivity contribution is 6.33. The van der Waals surface area contributed by atoms with Gasteiger partial charge < -0.3 is 24.0 Å². The number of benzene rings is 2. The smallest absolute Gasteiger partial charge is 0.262 e. The molecule has 0 spiro atoms. The van der Waals surface area contributed by atoms with Gasteiger partial charge in [-0.3, -0.25) is 4.79 Å². The van der Waals surface area contributed by atoms with Gasteiger partial charge in [-0.15, -0.1) is 0 Å². The van der Waals surface area contributed by atoms with Crippen molar-refractivity contribution in [2.75, 3.05) is 56.4 Å². The van der Waals surface area contributed by atoms with Gasteiger partial charge in [0.05, 0.1) is 31.6 Å². The molecule has 1 aromatic heterocycles. The number of morpholine rings is 1. The maximum atomic E-state index is 14.3. The van der Waals surface area contributed by atoms with Gasteiger partial charge in [-0.25, -0.2) is 9.97 Å². The minimum absolute atomic E-state index is 0.0311. The predicted octanol–water partition coefficient (Wildman–Crippen LogP) is 4.47. The summed E-state index contributed by atoms with van der Waals surface area (Å²) >= 11 is 6.61. The molecule has 2 aliphatic heterocycles. The summed E-state index contributed by atoms with van der Waals surface area (Å²) in [7, 11) is 1.62. The van der Waals surface area contributed by atoms with Crippen molar-refractivity contribution in [1.29, 1.82) is 0 Å². The molecule has 2 aliphatic rings. The second-order valence-corrected chi connectivity index (χ2v) is 9.14. The first-order valence-corrected chi connectivity index (χ1v) is 12.5. The molecule has 0 radical (unpaired) electrons. The van der Waals surface area contributed by atoms with Crippen LogP contribution in [0.15, 0.2) is 54.7 Å². The fourth-order valence-corrected chi connectivity index (χ4v) is 4.86. The molecule has 2 saturated heterocycles. The summed E-state index contributed by atoms with van der Waals surface area (Å²) < 4.78 is 16.5. The first kappa shape index (κ1) is 24.5. The lowest BCUT2D eigenvalue weighted by Crippen LogP contribution is -2.44. The quantitative estimate of drug-likeness (QED) is 0.486. The standard InChI is InChI=1S/C27H29ClN4O4/c1-34-21-6-4-5-20(17-21)32(19-9-13-35-14-10-19)26(33)23-18-29-27(31-11-15-36-16-12-31)30-25(23)22-7-2-3-8-24(22)28/h2-8,17-19H,9-16H2,1H3. The van der Waals surface area contributed by atoms with E-state index in [9.17, 15) is 4.79 Å². The molecule has 3 aromatic rings. The third kappa shape index (κ3) is 5.16. The molecule has 188 valence electrons. The number of hydrogen-bond donors (Lipinski definition) is 0. The summed E-state index contributed by atoms with van der Waals surface area (Å²) in [4.78, 5) is 27.7. The number of halogens is 1. The average molecular weight is 509 g/mol. The van der Waals surface area contributed by atoms with E-state index in [-0.39, 0.29) is 11.9 Å². The highest BCUT2D eigenvalue weighted by Crippen LogP contribution is 2.34. The average Bonchev–Trinajstić information content (AvgIpc) is 2.94. The van der Waals surface area contributed by atoms with Crippen molar-refractivity contribution in [3.8, 4) is 17.0 Å². The molecule has 1 amide bonds. The number of methoxy groups -OCH3 is 1. The van der Waals surface area contributed by atoms with Gasteiger partial charge in [0.2, 0.25) is 5.95 Å². The highest BCUT2D eigenvalue weighted by atomic mass is 35.5. The lowest BCUT2D eigenvalue weighted by molar-refractivity contribution is 0.0772. The van der Waals surface area contributed by atoms with Gasteiger partial charge in [0.1, 0.15) is 5.75 Å². The van der Waals surface area contributed by atoms with Gasteiger partial charge in [0.15, 0.2) is 0 Å². The number of carbonyl (C=O) groups excluding carboxylic acids is 1. The number of nitrogens with zero attached hydrogens (tertiary/aromatic N) is 4. The summed E-state index contributed by atoms with van der Waals surface area (Å²) in [6, 6.07) is 15.0. The molecule has 2 aromatic carbocycles. The zero-order valence-corrected chi connectivity index (χ0v) is 21.0. The van der Waals surface area contributed by atoms with Crippen molar-refractivity contribution in [1.82, 2.24) is 9.97 Å². The van der Waals surface area contributed by atoms with Crippen LogP contribution in [0, 0.1) is 0 Å². The number of amides is 1. The first-order chi connectivity index (χ1) is 17.7. The van der Waals surface area contributed by atoms with Crippen molar-refractivity contribution in [2.45, 2.75) is 18.9 Å². The molecule has 0 unspecified atom stereocenters. The largest absolute Gasteiger partial charge is 0.497 e. The Hall–Kier alpha value is -3.20. The number of anilines is 2. The molecule has 5 rings (SSSR count). The fourth-order valence-electron chi connectivity index (χ4n) is 4.63. The number of rotatable bonds is 6. The van der Waals surface area contributed by atoms with Crippen molar-refractivity contribution in [3.05, 3.63) is 65.3 Å². The molecule has 36 heavy (non-hydrogen) atoms. The third-order valence-electron chi connectivity index (χ3n) is 6.54. The number of hydrogen-bond acceptors (Lipinski definition) is 7. The van der Waals surface area contributed by atoms with Crippen LogP contribution in [-0.2, 0) is 9.47 Å². The summed E-state index contributed by atoms with van der Waals surface area (Å²) in [6.45, 7) is 3.79. The van der Waals surface area contributed by atoms with Crippen molar-refractivity contribution in [2.24, 2.45) is 0 Å². The maximum absolute atomic E-state index is 14.3. The Labute approximate surface area is 215 Å². The Morgan fingerprint density at radius 2 is 1.81 bits per heavy atom. The van der Waals surface area contributed by atoms with Crippen LogP contribution in [0.25, 0.3) is 11.3 Å². The Bertz CT molecular complexity index is 1210. The van der Waals surface area contributed by atoms with E-state index in [1.165, 1.54) is 0 Å². The molecule has 2 fully saturated rings. The predicted molar refractivity (Wildman–Crippen MR) is 139 cm³/mol. The highest BCUT2D eigenvalue weighted by Gasteiger charge is 2.31. The third-order valence-corrected chi connectivity index (χ3v) is 6.87. The van der Waals surface area contributed by atoms with E-state index in [1.807, 2.05) is 47.4 Å². The van der Waals surface area contributed by atoms with E-state index in [2.05, 4.69) is 9.88 Å². The van der Waals surface area contributed by atoms with E-state index in [0.717, 1.165) is 18.5 Å². The van der Waals surface area contributed by atoms with E-state index < -0.39 is 0 Å². The van der Waals surface area contributed by atoms with Gasteiger partial charge in [-0.1, -0.05) is 35.9 Å². The first-order valence-electron chi connectivity index (χ1n) is 12.2. The van der Waals surface area contributed by atoms with E-state index in [1.54, 1.807) is 19.4 Å². The molecule has 0 bridgehead atoms. The SMILES string of the molecule is COc1cccc(N(C(=O)c2cnc(N3CCOCC3)nc2-c2ccccc2Cl)C2CCOCC2)c1. The Balaban J connectivity index is 1.61. The molecule has 0 aliphatic carbocycles. The van der Waals surface area contributed by atoms with Crippen molar-refractivity contribution >= 4 is 29.1 Å². The number of ether oxygens (including phenoxy) is 3. The van der Waals surface area contributed by atoms with Crippen LogP contribution < -0.4 is 14.5 Å². The molecule has 0 N–H and O–H groups in total. The van der Waals surface area contributed by atoms with Gasteiger partial charge in [0.25, 0.3) is 5.91 Å². The van der Waals surface area contributed by atoms with Crippen LogP contribution in [0.5, 0.6) is 5.75 Å². The lowest BCUT2D eigenvalue weighted by Gasteiger charge is -2.35. The van der Waals surface area contributed by atoms with E-state index in [4.69, 9.17) is 30.8 Å². The molecule has 8 nitrogen and oxygen atoms in total.